The quantitative estimate of drug-likeness (QED) is 0.669. The molecule has 2 rings (SSSR count). The van der Waals surface area contributed by atoms with Gasteiger partial charge in [0.05, 0.1) is 6.61 Å². The standard InChI is InChI=1S/C11H12O3/c12-8-10-6-7-13-11(14-10)9-4-2-1-3-5-9/h1-5,8,10-11H,6-7H2/t10-,11-/m0/s1. The number of rotatable bonds is 2. The summed E-state index contributed by atoms with van der Waals surface area (Å²) in [5.41, 5.74) is 0.957. The van der Waals surface area contributed by atoms with Crippen LogP contribution in [0.1, 0.15) is 18.3 Å². The van der Waals surface area contributed by atoms with E-state index in [1.54, 1.807) is 0 Å². The van der Waals surface area contributed by atoms with Gasteiger partial charge in [0, 0.05) is 12.0 Å². The fraction of sp³-hybridized carbons (Fsp3) is 0.364. The maximum Gasteiger partial charge on any atom is 0.184 e. The van der Waals surface area contributed by atoms with Gasteiger partial charge in [0.1, 0.15) is 12.4 Å². The van der Waals surface area contributed by atoms with Crippen LogP contribution in [-0.4, -0.2) is 19.0 Å². The molecule has 3 nitrogen and oxygen atoms in total. The molecule has 74 valence electrons. The Morgan fingerprint density at radius 3 is 2.79 bits per heavy atom. The summed E-state index contributed by atoms with van der Waals surface area (Å²) in [5, 5.41) is 0. The smallest absolute Gasteiger partial charge is 0.184 e. The van der Waals surface area contributed by atoms with Gasteiger partial charge < -0.3 is 14.3 Å². The Morgan fingerprint density at radius 1 is 1.29 bits per heavy atom. The Hall–Kier alpha value is -1.19. The van der Waals surface area contributed by atoms with Gasteiger partial charge in [-0.25, -0.2) is 0 Å². The fourth-order valence-electron chi connectivity index (χ4n) is 1.44. The van der Waals surface area contributed by atoms with E-state index in [0.29, 0.717) is 13.0 Å². The number of carbonyl (C=O) groups excluding carboxylic acids is 1. The van der Waals surface area contributed by atoms with Crippen LogP contribution in [0.2, 0.25) is 0 Å². The molecular formula is C11H12O3. The second-order valence-electron chi connectivity index (χ2n) is 3.21. The average molecular weight is 192 g/mol. The predicted molar refractivity (Wildman–Crippen MR) is 50.7 cm³/mol. The number of benzene rings is 1. The molecule has 0 N–H and O–H groups in total. The summed E-state index contributed by atoms with van der Waals surface area (Å²) in [5.74, 6) is 0. The third-order valence-corrected chi connectivity index (χ3v) is 2.19. The molecule has 0 unspecified atom stereocenters. The predicted octanol–water partition coefficient (Wildman–Crippen LogP) is 1.69. The molecule has 1 aliphatic rings. The summed E-state index contributed by atoms with van der Waals surface area (Å²) in [6.45, 7) is 0.572. The third kappa shape index (κ3) is 2.00. The lowest BCUT2D eigenvalue weighted by molar-refractivity contribution is -0.211. The van der Waals surface area contributed by atoms with Gasteiger partial charge in [-0.15, -0.1) is 0 Å². The molecule has 2 atom stereocenters. The van der Waals surface area contributed by atoms with Crippen molar-refractivity contribution < 1.29 is 14.3 Å². The minimum atomic E-state index is -0.389. The number of hydrogen-bond donors (Lipinski definition) is 0. The molecule has 0 bridgehead atoms. The molecule has 1 fully saturated rings. The van der Waals surface area contributed by atoms with Crippen LogP contribution in [-0.2, 0) is 14.3 Å². The minimum absolute atomic E-state index is 0.325. The van der Waals surface area contributed by atoms with Gasteiger partial charge in [-0.3, -0.25) is 0 Å². The van der Waals surface area contributed by atoms with Crippen molar-refractivity contribution in [3.8, 4) is 0 Å². The second kappa shape index (κ2) is 4.35. The van der Waals surface area contributed by atoms with Crippen LogP contribution < -0.4 is 0 Å². The topological polar surface area (TPSA) is 35.5 Å². The lowest BCUT2D eigenvalue weighted by Gasteiger charge is -2.27. The van der Waals surface area contributed by atoms with Crippen molar-refractivity contribution >= 4 is 6.29 Å². The molecule has 1 aliphatic heterocycles. The molecule has 0 aromatic heterocycles. The molecule has 1 saturated heterocycles. The molecule has 1 aromatic carbocycles. The van der Waals surface area contributed by atoms with E-state index in [2.05, 4.69) is 0 Å². The number of aldehydes is 1. The lowest BCUT2D eigenvalue weighted by Crippen LogP contribution is -2.27. The first-order chi connectivity index (χ1) is 6.90. The van der Waals surface area contributed by atoms with Crippen molar-refractivity contribution in [3.63, 3.8) is 0 Å². The third-order valence-electron chi connectivity index (χ3n) is 2.19. The van der Waals surface area contributed by atoms with E-state index in [0.717, 1.165) is 11.8 Å². The maximum absolute atomic E-state index is 10.6. The van der Waals surface area contributed by atoms with Gasteiger partial charge in [-0.05, 0) is 0 Å². The zero-order valence-electron chi connectivity index (χ0n) is 7.76. The molecule has 0 aliphatic carbocycles. The Kier molecular flexibility index (Phi) is 2.91. The van der Waals surface area contributed by atoms with E-state index in [9.17, 15) is 4.79 Å². The normalized spacial score (nSPS) is 27.1. The van der Waals surface area contributed by atoms with Crippen molar-refractivity contribution in [1.82, 2.24) is 0 Å². The van der Waals surface area contributed by atoms with Crippen molar-refractivity contribution in [2.75, 3.05) is 6.61 Å². The van der Waals surface area contributed by atoms with Gasteiger partial charge in [0.15, 0.2) is 6.29 Å². The molecule has 0 saturated carbocycles. The van der Waals surface area contributed by atoms with Crippen LogP contribution in [0.25, 0.3) is 0 Å². The first kappa shape index (κ1) is 9.37. The van der Waals surface area contributed by atoms with Crippen LogP contribution in [0.3, 0.4) is 0 Å². The summed E-state index contributed by atoms with van der Waals surface area (Å²) >= 11 is 0. The van der Waals surface area contributed by atoms with E-state index in [1.165, 1.54) is 0 Å². The molecule has 0 spiro atoms. The van der Waals surface area contributed by atoms with Gasteiger partial charge in [0.25, 0.3) is 0 Å². The first-order valence-corrected chi connectivity index (χ1v) is 4.67. The van der Waals surface area contributed by atoms with E-state index >= 15 is 0 Å². The highest BCUT2D eigenvalue weighted by Crippen LogP contribution is 2.24. The van der Waals surface area contributed by atoms with Crippen LogP contribution in [0.15, 0.2) is 30.3 Å². The zero-order valence-corrected chi connectivity index (χ0v) is 7.76. The molecule has 3 heteroatoms. The second-order valence-corrected chi connectivity index (χ2v) is 3.21. The molecule has 0 radical (unpaired) electrons. The first-order valence-electron chi connectivity index (χ1n) is 4.67. The Morgan fingerprint density at radius 2 is 2.07 bits per heavy atom. The van der Waals surface area contributed by atoms with Crippen molar-refractivity contribution in [2.45, 2.75) is 18.8 Å². The van der Waals surface area contributed by atoms with Crippen LogP contribution in [0.5, 0.6) is 0 Å². The highest BCUT2D eigenvalue weighted by molar-refractivity contribution is 5.56. The van der Waals surface area contributed by atoms with Crippen molar-refractivity contribution in [1.29, 1.82) is 0 Å². The van der Waals surface area contributed by atoms with E-state index in [4.69, 9.17) is 9.47 Å². The minimum Gasteiger partial charge on any atom is -0.348 e. The van der Waals surface area contributed by atoms with Gasteiger partial charge in [0.2, 0.25) is 0 Å². The number of hydrogen-bond acceptors (Lipinski definition) is 3. The molecule has 14 heavy (non-hydrogen) atoms. The summed E-state index contributed by atoms with van der Waals surface area (Å²) in [7, 11) is 0. The fourth-order valence-corrected chi connectivity index (χ4v) is 1.44. The molecule has 1 heterocycles. The van der Waals surface area contributed by atoms with Gasteiger partial charge in [-0.1, -0.05) is 30.3 Å². The summed E-state index contributed by atoms with van der Waals surface area (Å²) in [6, 6.07) is 9.64. The van der Waals surface area contributed by atoms with E-state index < -0.39 is 0 Å². The zero-order chi connectivity index (χ0) is 9.80. The van der Waals surface area contributed by atoms with Gasteiger partial charge >= 0.3 is 0 Å². The SMILES string of the molecule is O=C[C@@H]1CCO[C@H](c2ccccc2)O1. The highest BCUT2D eigenvalue weighted by Gasteiger charge is 2.23. The number of carbonyl (C=O) groups is 1. The number of ether oxygens (including phenoxy) is 2. The van der Waals surface area contributed by atoms with Crippen molar-refractivity contribution in [2.24, 2.45) is 0 Å². The Balaban J connectivity index is 2.08. The van der Waals surface area contributed by atoms with Gasteiger partial charge in [-0.2, -0.15) is 0 Å². The van der Waals surface area contributed by atoms with Crippen molar-refractivity contribution in [3.05, 3.63) is 35.9 Å². The Bertz CT molecular complexity index is 297. The molecule has 1 aromatic rings. The summed E-state index contributed by atoms with van der Waals surface area (Å²) < 4.78 is 10.8. The van der Waals surface area contributed by atoms with Crippen LogP contribution in [0.4, 0.5) is 0 Å². The van der Waals surface area contributed by atoms with Crippen LogP contribution >= 0.6 is 0 Å². The maximum atomic E-state index is 10.6. The Labute approximate surface area is 82.6 Å². The molecule has 0 amide bonds. The van der Waals surface area contributed by atoms with Crippen LogP contribution in [0, 0.1) is 0 Å². The summed E-state index contributed by atoms with van der Waals surface area (Å²) in [6.07, 6.45) is 0.764. The molecular weight excluding hydrogens is 180 g/mol. The van der Waals surface area contributed by atoms with E-state index in [1.807, 2.05) is 30.3 Å². The lowest BCUT2D eigenvalue weighted by atomic mass is 10.2. The monoisotopic (exact) mass is 192 g/mol. The summed E-state index contributed by atoms with van der Waals surface area (Å²) in [4.78, 5) is 10.6. The van der Waals surface area contributed by atoms with E-state index in [-0.39, 0.29) is 12.4 Å². The highest BCUT2D eigenvalue weighted by atomic mass is 16.7. The average Bonchev–Trinajstić information content (AvgIpc) is 2.30. The largest absolute Gasteiger partial charge is 0.348 e.